The van der Waals surface area contributed by atoms with Gasteiger partial charge in [-0.15, -0.1) is 0 Å². The third-order valence-electron chi connectivity index (χ3n) is 5.23. The monoisotopic (exact) mass is 305 g/mol. The van der Waals surface area contributed by atoms with E-state index in [9.17, 15) is 15.3 Å². The van der Waals surface area contributed by atoms with Gasteiger partial charge in [0, 0.05) is 24.7 Å². The molecule has 1 fully saturated rings. The molecule has 4 heteroatoms. The number of aromatic hydroxyl groups is 1. The zero-order chi connectivity index (χ0) is 15.9. The van der Waals surface area contributed by atoms with Crippen molar-refractivity contribution in [1.82, 2.24) is 4.90 Å². The summed E-state index contributed by atoms with van der Waals surface area (Å²) in [6, 6.07) is 3.92. The molecular formula is C18H27NO3. The molecule has 0 bridgehead atoms. The van der Waals surface area contributed by atoms with Gasteiger partial charge in [0.25, 0.3) is 0 Å². The zero-order valence-corrected chi connectivity index (χ0v) is 13.5. The Balaban J connectivity index is 1.85. The number of fused-ring (bicyclic) bond motifs is 3. The van der Waals surface area contributed by atoms with Gasteiger partial charge in [0.05, 0.1) is 12.7 Å². The Hall–Kier alpha value is -1.10. The smallest absolute Gasteiger partial charge is 0.121 e. The SMILES string of the molecule is CC(C)CC1CN2CCc3cc(CO)c(O)cc3[C@H]2C[C@@H]1O. The van der Waals surface area contributed by atoms with Crippen molar-refractivity contribution < 1.29 is 15.3 Å². The number of aliphatic hydroxyl groups is 2. The van der Waals surface area contributed by atoms with Gasteiger partial charge in [0.15, 0.2) is 0 Å². The summed E-state index contributed by atoms with van der Waals surface area (Å²) in [5.41, 5.74) is 2.93. The minimum Gasteiger partial charge on any atom is -0.508 e. The average molecular weight is 305 g/mol. The zero-order valence-electron chi connectivity index (χ0n) is 13.5. The Bertz CT molecular complexity index is 543. The molecule has 0 saturated carbocycles. The molecule has 3 N–H and O–H groups in total. The van der Waals surface area contributed by atoms with Crippen LogP contribution in [0.5, 0.6) is 5.75 Å². The Kier molecular flexibility index (Phi) is 4.44. The first-order valence-corrected chi connectivity index (χ1v) is 8.37. The summed E-state index contributed by atoms with van der Waals surface area (Å²) in [4.78, 5) is 2.46. The van der Waals surface area contributed by atoms with Gasteiger partial charge in [-0.2, -0.15) is 0 Å². The fraction of sp³-hybridized carbons (Fsp3) is 0.667. The van der Waals surface area contributed by atoms with E-state index in [1.165, 1.54) is 5.56 Å². The second-order valence-corrected chi connectivity index (χ2v) is 7.29. The second kappa shape index (κ2) is 6.19. The van der Waals surface area contributed by atoms with E-state index in [0.717, 1.165) is 37.9 Å². The quantitative estimate of drug-likeness (QED) is 0.801. The number of hydrogen-bond acceptors (Lipinski definition) is 4. The summed E-state index contributed by atoms with van der Waals surface area (Å²) in [6.45, 7) is 6.21. The van der Waals surface area contributed by atoms with E-state index in [4.69, 9.17) is 0 Å². The summed E-state index contributed by atoms with van der Waals surface area (Å²) in [5, 5.41) is 29.9. The van der Waals surface area contributed by atoms with Crippen LogP contribution in [0.1, 0.15) is 49.4 Å². The molecule has 1 aromatic rings. The second-order valence-electron chi connectivity index (χ2n) is 7.29. The predicted octanol–water partition coefficient (Wildman–Crippen LogP) is 2.21. The fourth-order valence-electron chi connectivity index (χ4n) is 4.15. The molecule has 1 unspecified atom stereocenters. The van der Waals surface area contributed by atoms with Gasteiger partial charge in [0.1, 0.15) is 5.75 Å². The summed E-state index contributed by atoms with van der Waals surface area (Å²) < 4.78 is 0. The standard InChI is InChI=1S/C18H27NO3/c1-11(2)5-13-9-19-4-3-12-6-14(10-20)17(21)7-15(12)16(19)8-18(13)22/h6-7,11,13,16,18,20-22H,3-5,8-10H2,1-2H3/t13?,16-,18+/m1/s1. The largest absolute Gasteiger partial charge is 0.508 e. The Morgan fingerprint density at radius 3 is 2.77 bits per heavy atom. The summed E-state index contributed by atoms with van der Waals surface area (Å²) >= 11 is 0. The van der Waals surface area contributed by atoms with Crippen LogP contribution in [0.15, 0.2) is 12.1 Å². The number of aliphatic hydroxyl groups excluding tert-OH is 2. The van der Waals surface area contributed by atoms with Gasteiger partial charge in [-0.05, 0) is 54.4 Å². The summed E-state index contributed by atoms with van der Waals surface area (Å²) in [7, 11) is 0. The van der Waals surface area contributed by atoms with E-state index in [1.54, 1.807) is 6.07 Å². The molecule has 3 rings (SSSR count). The molecule has 0 aromatic heterocycles. The van der Waals surface area contributed by atoms with Crippen LogP contribution in [0.2, 0.25) is 0 Å². The number of hydrogen-bond donors (Lipinski definition) is 3. The van der Waals surface area contributed by atoms with Gasteiger partial charge in [-0.1, -0.05) is 13.8 Å². The van der Waals surface area contributed by atoms with E-state index in [1.807, 2.05) is 6.07 Å². The van der Waals surface area contributed by atoms with Gasteiger partial charge in [0.2, 0.25) is 0 Å². The van der Waals surface area contributed by atoms with Crippen molar-refractivity contribution in [3.05, 3.63) is 28.8 Å². The van der Waals surface area contributed by atoms with E-state index in [-0.39, 0.29) is 24.5 Å². The molecule has 0 spiro atoms. The molecule has 122 valence electrons. The van der Waals surface area contributed by atoms with Crippen LogP contribution >= 0.6 is 0 Å². The number of rotatable bonds is 3. The number of piperidine rings is 1. The fourth-order valence-corrected chi connectivity index (χ4v) is 4.15. The van der Waals surface area contributed by atoms with E-state index < -0.39 is 0 Å². The van der Waals surface area contributed by atoms with Gasteiger partial charge in [-0.3, -0.25) is 4.90 Å². The first-order valence-electron chi connectivity index (χ1n) is 8.37. The van der Waals surface area contributed by atoms with Crippen LogP contribution in [0.4, 0.5) is 0 Å². The lowest BCUT2D eigenvalue weighted by Crippen LogP contribution is -2.48. The lowest BCUT2D eigenvalue weighted by Gasteiger charge is -2.46. The molecule has 0 aliphatic carbocycles. The van der Waals surface area contributed by atoms with Crippen LogP contribution in [0.25, 0.3) is 0 Å². The first kappa shape index (κ1) is 15.8. The molecule has 3 atom stereocenters. The summed E-state index contributed by atoms with van der Waals surface area (Å²) in [5.74, 6) is 1.12. The molecule has 22 heavy (non-hydrogen) atoms. The lowest BCUT2D eigenvalue weighted by atomic mass is 9.79. The molecule has 2 heterocycles. The van der Waals surface area contributed by atoms with Crippen LogP contribution in [-0.2, 0) is 13.0 Å². The minimum absolute atomic E-state index is 0.132. The van der Waals surface area contributed by atoms with Crippen LogP contribution in [0, 0.1) is 11.8 Å². The van der Waals surface area contributed by atoms with Gasteiger partial charge in [-0.25, -0.2) is 0 Å². The average Bonchev–Trinajstić information content (AvgIpc) is 2.47. The highest BCUT2D eigenvalue weighted by atomic mass is 16.3. The van der Waals surface area contributed by atoms with Crippen molar-refractivity contribution >= 4 is 0 Å². The van der Waals surface area contributed by atoms with Crippen LogP contribution in [0.3, 0.4) is 0 Å². The van der Waals surface area contributed by atoms with E-state index >= 15 is 0 Å². The van der Waals surface area contributed by atoms with Gasteiger partial charge >= 0.3 is 0 Å². The Morgan fingerprint density at radius 2 is 2.09 bits per heavy atom. The highest BCUT2D eigenvalue weighted by Gasteiger charge is 2.38. The molecule has 0 amide bonds. The highest BCUT2D eigenvalue weighted by Crippen LogP contribution is 2.41. The molecule has 1 aromatic carbocycles. The molecular weight excluding hydrogens is 278 g/mol. The topological polar surface area (TPSA) is 63.9 Å². The summed E-state index contributed by atoms with van der Waals surface area (Å²) in [6.07, 6.45) is 2.48. The molecule has 0 radical (unpaired) electrons. The van der Waals surface area contributed by atoms with E-state index in [2.05, 4.69) is 18.7 Å². The maximum Gasteiger partial charge on any atom is 0.121 e. The normalized spacial score (nSPS) is 28.5. The van der Waals surface area contributed by atoms with Crippen molar-refractivity contribution in [3.8, 4) is 5.75 Å². The molecule has 2 aliphatic heterocycles. The van der Waals surface area contributed by atoms with Crippen molar-refractivity contribution in [3.63, 3.8) is 0 Å². The number of phenols is 1. The maximum absolute atomic E-state index is 10.5. The van der Waals surface area contributed by atoms with Crippen molar-refractivity contribution in [2.75, 3.05) is 13.1 Å². The lowest BCUT2D eigenvalue weighted by molar-refractivity contribution is -0.0191. The van der Waals surface area contributed by atoms with Crippen molar-refractivity contribution in [1.29, 1.82) is 0 Å². The third-order valence-corrected chi connectivity index (χ3v) is 5.23. The van der Waals surface area contributed by atoms with Crippen molar-refractivity contribution in [2.24, 2.45) is 11.8 Å². The van der Waals surface area contributed by atoms with Crippen LogP contribution < -0.4 is 0 Å². The number of benzene rings is 1. The van der Waals surface area contributed by atoms with E-state index in [0.29, 0.717) is 17.4 Å². The highest BCUT2D eigenvalue weighted by molar-refractivity contribution is 5.44. The molecule has 4 nitrogen and oxygen atoms in total. The minimum atomic E-state index is -0.269. The Labute approximate surface area is 132 Å². The van der Waals surface area contributed by atoms with Crippen molar-refractivity contribution in [2.45, 2.75) is 51.9 Å². The third kappa shape index (κ3) is 2.87. The Morgan fingerprint density at radius 1 is 1.32 bits per heavy atom. The molecule has 2 aliphatic rings. The van der Waals surface area contributed by atoms with Crippen LogP contribution in [-0.4, -0.2) is 39.4 Å². The first-order chi connectivity index (χ1) is 10.5. The predicted molar refractivity (Wildman–Crippen MR) is 85.6 cm³/mol. The maximum atomic E-state index is 10.5. The molecule has 1 saturated heterocycles. The van der Waals surface area contributed by atoms with Gasteiger partial charge < -0.3 is 15.3 Å². The number of nitrogens with zero attached hydrogens (tertiary/aromatic N) is 1.